The molecule has 1 aromatic rings. The maximum atomic E-state index is 11.6. The minimum Gasteiger partial charge on any atom is -0.475 e. The molecule has 1 saturated carbocycles. The summed E-state index contributed by atoms with van der Waals surface area (Å²) < 4.78 is 4.56. The van der Waals surface area contributed by atoms with Gasteiger partial charge in [0, 0.05) is 0 Å². The summed E-state index contributed by atoms with van der Waals surface area (Å²) in [5, 5.41) is 11.4. The first-order valence-electron chi connectivity index (χ1n) is 4.48. The molecule has 2 N–H and O–H groups in total. The molecule has 0 unspecified atom stereocenters. The molecule has 3 rings (SSSR count). The molecule has 0 aromatic carbocycles. The minimum absolute atomic E-state index is 0.107. The Labute approximate surface area is 88.8 Å². The fraction of sp³-hybridized carbons (Fsp3) is 0.333. The second kappa shape index (κ2) is 2.57. The van der Waals surface area contributed by atoms with Gasteiger partial charge in [0.05, 0.1) is 9.64 Å². The highest BCUT2D eigenvalue weighted by atomic mass is 32.2. The molecule has 78 valence electrons. The molecule has 1 spiro atoms. The van der Waals surface area contributed by atoms with Crippen LogP contribution in [0.25, 0.3) is 0 Å². The molecule has 1 aliphatic heterocycles. The van der Waals surface area contributed by atoms with Gasteiger partial charge in [-0.05, 0) is 12.8 Å². The van der Waals surface area contributed by atoms with Crippen LogP contribution in [0.4, 0.5) is 5.69 Å². The van der Waals surface area contributed by atoms with Crippen molar-refractivity contribution in [1.29, 1.82) is 0 Å². The van der Waals surface area contributed by atoms with E-state index in [-0.39, 0.29) is 16.4 Å². The summed E-state index contributed by atoms with van der Waals surface area (Å²) in [4.78, 5) is 23.1. The number of hydrogen-bond acceptors (Lipinski definition) is 4. The third-order valence-electron chi connectivity index (χ3n) is 2.61. The van der Waals surface area contributed by atoms with Crippen LogP contribution in [-0.2, 0) is 4.79 Å². The Bertz CT molecular complexity index is 474. The number of anilines is 1. The molecule has 0 atom stereocenters. The van der Waals surface area contributed by atoms with E-state index in [1.165, 1.54) is 18.0 Å². The van der Waals surface area contributed by atoms with Crippen LogP contribution >= 0.6 is 11.8 Å². The van der Waals surface area contributed by atoms with Crippen molar-refractivity contribution < 1.29 is 19.1 Å². The molecule has 1 fully saturated rings. The Morgan fingerprint density at radius 3 is 2.93 bits per heavy atom. The molecule has 1 aliphatic carbocycles. The average Bonchev–Trinajstić information content (AvgIpc) is 2.82. The van der Waals surface area contributed by atoms with Crippen LogP contribution in [0, 0.1) is 0 Å². The number of carboxylic acid groups (broad SMARTS) is 1. The van der Waals surface area contributed by atoms with Crippen molar-refractivity contribution in [2.24, 2.45) is 0 Å². The van der Waals surface area contributed by atoms with E-state index in [0.29, 0.717) is 10.6 Å². The lowest BCUT2D eigenvalue weighted by atomic mass is 10.3. The van der Waals surface area contributed by atoms with Crippen LogP contribution < -0.4 is 5.32 Å². The van der Waals surface area contributed by atoms with E-state index in [1.54, 1.807) is 0 Å². The highest BCUT2D eigenvalue weighted by Crippen LogP contribution is 2.57. The number of nitrogens with one attached hydrogen (secondary N) is 1. The van der Waals surface area contributed by atoms with E-state index in [0.717, 1.165) is 12.8 Å². The zero-order valence-electron chi connectivity index (χ0n) is 7.57. The highest BCUT2D eigenvalue weighted by molar-refractivity contribution is 8.02. The number of rotatable bonds is 1. The van der Waals surface area contributed by atoms with Gasteiger partial charge in [-0.1, -0.05) is 0 Å². The first-order chi connectivity index (χ1) is 7.12. The SMILES string of the molecule is O=C(O)c1occ2c1NC(=O)C1(CC1)S2. The van der Waals surface area contributed by atoms with Gasteiger partial charge in [-0.2, -0.15) is 0 Å². The molecule has 1 aromatic heterocycles. The fourth-order valence-corrected chi connectivity index (χ4v) is 2.83. The predicted molar refractivity (Wildman–Crippen MR) is 52.1 cm³/mol. The lowest BCUT2D eigenvalue weighted by Gasteiger charge is -2.20. The first kappa shape index (κ1) is 8.84. The average molecular weight is 225 g/mol. The number of carboxylic acids is 1. The zero-order valence-corrected chi connectivity index (χ0v) is 8.39. The summed E-state index contributed by atoms with van der Waals surface area (Å²) in [5.41, 5.74) is 0.301. The number of aromatic carboxylic acids is 1. The van der Waals surface area contributed by atoms with Gasteiger partial charge < -0.3 is 14.8 Å². The van der Waals surface area contributed by atoms with Crippen LogP contribution in [0.1, 0.15) is 23.4 Å². The topological polar surface area (TPSA) is 79.5 Å². The smallest absolute Gasteiger partial charge is 0.374 e. The zero-order chi connectivity index (χ0) is 10.6. The van der Waals surface area contributed by atoms with E-state index >= 15 is 0 Å². The number of fused-ring (bicyclic) bond motifs is 1. The molecular formula is C9H7NO4S. The number of carbonyl (C=O) groups is 2. The molecular weight excluding hydrogens is 218 g/mol. The normalized spacial score (nSPS) is 20.9. The van der Waals surface area contributed by atoms with Crippen LogP contribution in [0.3, 0.4) is 0 Å². The lowest BCUT2D eigenvalue weighted by molar-refractivity contribution is -0.116. The third kappa shape index (κ3) is 1.11. The molecule has 15 heavy (non-hydrogen) atoms. The summed E-state index contributed by atoms with van der Waals surface area (Å²) in [6.07, 6.45) is 3.08. The molecule has 1 amide bonds. The maximum Gasteiger partial charge on any atom is 0.374 e. The number of carbonyl (C=O) groups excluding carboxylic acids is 1. The second-order valence-corrected chi connectivity index (χ2v) is 5.09. The standard InChI is InChI=1S/C9H7NO4S/c11-7(12)6-5-4(3-14-6)15-9(1-2-9)8(13)10-5/h3H,1-2H2,(H,10,13)(H,11,12). The van der Waals surface area contributed by atoms with Gasteiger partial charge in [0.1, 0.15) is 12.0 Å². The summed E-state index contributed by atoms with van der Waals surface area (Å²) >= 11 is 1.40. The lowest BCUT2D eigenvalue weighted by Crippen LogP contribution is -2.30. The molecule has 6 heteroatoms. The van der Waals surface area contributed by atoms with Crippen molar-refractivity contribution in [2.45, 2.75) is 22.5 Å². The molecule has 5 nitrogen and oxygen atoms in total. The second-order valence-electron chi connectivity index (χ2n) is 3.66. The summed E-state index contributed by atoms with van der Waals surface area (Å²) in [5.74, 6) is -1.46. The van der Waals surface area contributed by atoms with Gasteiger partial charge in [0.2, 0.25) is 11.7 Å². The Kier molecular flexibility index (Phi) is 1.52. The van der Waals surface area contributed by atoms with Gasteiger partial charge in [0.25, 0.3) is 0 Å². The van der Waals surface area contributed by atoms with Crippen LogP contribution in [0.5, 0.6) is 0 Å². The van der Waals surface area contributed by atoms with Crippen molar-refractivity contribution in [3.63, 3.8) is 0 Å². The monoisotopic (exact) mass is 225 g/mol. The highest BCUT2D eigenvalue weighted by Gasteiger charge is 2.54. The summed E-state index contributed by atoms with van der Waals surface area (Å²) in [6.45, 7) is 0. The molecule has 0 radical (unpaired) electrons. The Morgan fingerprint density at radius 1 is 1.60 bits per heavy atom. The fourth-order valence-electron chi connectivity index (χ4n) is 1.62. The Balaban J connectivity index is 2.06. The largest absolute Gasteiger partial charge is 0.475 e. The summed E-state index contributed by atoms with van der Waals surface area (Å²) in [6, 6.07) is 0. The molecule has 2 aliphatic rings. The van der Waals surface area contributed by atoms with Crippen molar-refractivity contribution in [3.05, 3.63) is 12.0 Å². The van der Waals surface area contributed by atoms with Crippen LogP contribution in [-0.4, -0.2) is 21.7 Å². The van der Waals surface area contributed by atoms with Gasteiger partial charge >= 0.3 is 5.97 Å². The molecule has 2 heterocycles. The maximum absolute atomic E-state index is 11.6. The van der Waals surface area contributed by atoms with Gasteiger partial charge in [0.15, 0.2) is 0 Å². The number of hydrogen-bond donors (Lipinski definition) is 2. The number of furan rings is 1. The van der Waals surface area contributed by atoms with Crippen molar-refractivity contribution >= 4 is 29.3 Å². The quantitative estimate of drug-likeness (QED) is 0.758. The third-order valence-corrected chi connectivity index (χ3v) is 4.12. The van der Waals surface area contributed by atoms with Gasteiger partial charge in [-0.3, -0.25) is 4.79 Å². The Hall–Kier alpha value is -1.43. The predicted octanol–water partition coefficient (Wildman–Crippen LogP) is 1.55. The van der Waals surface area contributed by atoms with Crippen molar-refractivity contribution in [3.8, 4) is 0 Å². The van der Waals surface area contributed by atoms with Crippen LogP contribution in [0.2, 0.25) is 0 Å². The first-order valence-corrected chi connectivity index (χ1v) is 5.29. The van der Waals surface area contributed by atoms with E-state index < -0.39 is 5.97 Å². The van der Waals surface area contributed by atoms with E-state index in [1.807, 2.05) is 0 Å². The van der Waals surface area contributed by atoms with E-state index in [9.17, 15) is 9.59 Å². The van der Waals surface area contributed by atoms with E-state index in [2.05, 4.69) is 5.32 Å². The van der Waals surface area contributed by atoms with Crippen molar-refractivity contribution in [1.82, 2.24) is 0 Å². The van der Waals surface area contributed by atoms with Gasteiger partial charge in [-0.25, -0.2) is 4.79 Å². The number of thioether (sulfide) groups is 1. The van der Waals surface area contributed by atoms with E-state index in [4.69, 9.17) is 9.52 Å². The van der Waals surface area contributed by atoms with Gasteiger partial charge in [-0.15, -0.1) is 11.8 Å². The van der Waals surface area contributed by atoms with Crippen LogP contribution in [0.15, 0.2) is 15.6 Å². The number of amides is 1. The van der Waals surface area contributed by atoms with Crippen molar-refractivity contribution in [2.75, 3.05) is 5.32 Å². The molecule has 0 saturated heterocycles. The minimum atomic E-state index is -1.16. The summed E-state index contributed by atoms with van der Waals surface area (Å²) in [7, 11) is 0. The molecule has 0 bridgehead atoms. The Morgan fingerprint density at radius 2 is 2.33 bits per heavy atom.